The number of aliphatic hydroxyl groups excluding tert-OH is 1. The molecule has 36 heavy (non-hydrogen) atoms. The van der Waals surface area contributed by atoms with E-state index >= 15 is 0 Å². The molecule has 2 aromatic heterocycles. The highest BCUT2D eigenvalue weighted by atomic mass is 19.1. The molecule has 0 fully saturated rings. The number of halogens is 1. The smallest absolute Gasteiger partial charge is 0.272 e. The summed E-state index contributed by atoms with van der Waals surface area (Å²) < 4.78 is 20.7. The number of likely N-dealkylation sites (N-methyl/N-ethyl adjacent to an activating group) is 1. The molecule has 0 saturated heterocycles. The van der Waals surface area contributed by atoms with Gasteiger partial charge >= 0.3 is 0 Å². The summed E-state index contributed by atoms with van der Waals surface area (Å²) in [5.41, 5.74) is 1.24. The van der Waals surface area contributed by atoms with Crippen LogP contribution < -0.4 is 4.74 Å². The molecule has 0 aliphatic carbocycles. The standard InChI is InChI=1S/C27H29FN4O4/c1-17-14-32(18(2)16-33)26(34)21-12-19(20-8-4-5-9-22(20)28)13-30-25(21)36-24(17)15-31(3)27(35)23-10-6-7-11-29-23/h4-13,17-18,24,33H,14-16H2,1-3H3/t17-,18-,24+/m1/s1. The van der Waals surface area contributed by atoms with Gasteiger partial charge in [-0.05, 0) is 31.2 Å². The number of ether oxygens (including phenoxy) is 1. The third-order valence-corrected chi connectivity index (χ3v) is 6.39. The molecular formula is C27H29FN4O4. The van der Waals surface area contributed by atoms with Crippen LogP contribution in [0.5, 0.6) is 5.88 Å². The first-order chi connectivity index (χ1) is 17.3. The van der Waals surface area contributed by atoms with Crippen LogP contribution in [-0.4, -0.2) is 75.6 Å². The Labute approximate surface area is 209 Å². The van der Waals surface area contributed by atoms with Crippen molar-refractivity contribution in [1.82, 2.24) is 19.8 Å². The quantitative estimate of drug-likeness (QED) is 0.568. The summed E-state index contributed by atoms with van der Waals surface area (Å²) in [4.78, 5) is 38.1. The highest BCUT2D eigenvalue weighted by Crippen LogP contribution is 2.31. The Hall–Kier alpha value is -3.85. The fraction of sp³-hybridized carbons (Fsp3) is 0.333. The third kappa shape index (κ3) is 5.21. The Kier molecular flexibility index (Phi) is 7.59. The van der Waals surface area contributed by atoms with Gasteiger partial charge < -0.3 is 19.6 Å². The minimum atomic E-state index is -0.505. The van der Waals surface area contributed by atoms with E-state index in [0.717, 1.165) is 0 Å². The molecule has 1 aliphatic heterocycles. The molecule has 188 valence electrons. The molecule has 4 rings (SSSR count). The summed E-state index contributed by atoms with van der Waals surface area (Å²) in [7, 11) is 1.67. The van der Waals surface area contributed by atoms with Crippen LogP contribution in [0.25, 0.3) is 11.1 Å². The number of rotatable bonds is 6. The van der Waals surface area contributed by atoms with Crippen molar-refractivity contribution in [3.05, 3.63) is 78.0 Å². The molecule has 1 aromatic carbocycles. The van der Waals surface area contributed by atoms with E-state index in [1.54, 1.807) is 67.5 Å². The number of aliphatic hydroxyl groups is 1. The van der Waals surface area contributed by atoms with Crippen LogP contribution in [0.1, 0.15) is 34.7 Å². The Morgan fingerprint density at radius 1 is 1.22 bits per heavy atom. The van der Waals surface area contributed by atoms with Gasteiger partial charge in [0.2, 0.25) is 5.88 Å². The molecule has 9 heteroatoms. The maximum Gasteiger partial charge on any atom is 0.272 e. The summed E-state index contributed by atoms with van der Waals surface area (Å²) in [6, 6.07) is 12.5. The normalized spacial score (nSPS) is 18.5. The van der Waals surface area contributed by atoms with Gasteiger partial charge in [-0.15, -0.1) is 0 Å². The van der Waals surface area contributed by atoms with Gasteiger partial charge in [0.1, 0.15) is 23.2 Å². The molecule has 0 spiro atoms. The van der Waals surface area contributed by atoms with Gasteiger partial charge in [0.15, 0.2) is 0 Å². The Bertz CT molecular complexity index is 1240. The highest BCUT2D eigenvalue weighted by molar-refractivity contribution is 5.98. The molecule has 0 saturated carbocycles. The van der Waals surface area contributed by atoms with Crippen molar-refractivity contribution in [2.45, 2.75) is 26.0 Å². The second-order valence-electron chi connectivity index (χ2n) is 9.08. The van der Waals surface area contributed by atoms with Crippen molar-refractivity contribution < 1.29 is 23.8 Å². The molecule has 2 amide bonds. The summed E-state index contributed by atoms with van der Waals surface area (Å²) in [5, 5.41) is 9.83. The van der Waals surface area contributed by atoms with Crippen LogP contribution in [0.4, 0.5) is 4.39 Å². The lowest BCUT2D eigenvalue weighted by Crippen LogP contribution is -2.50. The fourth-order valence-electron chi connectivity index (χ4n) is 4.20. The molecule has 3 aromatic rings. The molecule has 1 N–H and O–H groups in total. The molecule has 0 unspecified atom stereocenters. The van der Waals surface area contributed by atoms with E-state index in [9.17, 15) is 19.1 Å². The van der Waals surface area contributed by atoms with Crippen molar-refractivity contribution in [2.24, 2.45) is 5.92 Å². The number of benzene rings is 1. The van der Waals surface area contributed by atoms with Gasteiger partial charge in [-0.2, -0.15) is 0 Å². The minimum absolute atomic E-state index is 0.102. The maximum absolute atomic E-state index is 14.5. The molecule has 1 aliphatic rings. The van der Waals surface area contributed by atoms with E-state index in [2.05, 4.69) is 9.97 Å². The minimum Gasteiger partial charge on any atom is -0.472 e. The summed E-state index contributed by atoms with van der Waals surface area (Å²) in [5.74, 6) is -1.14. The summed E-state index contributed by atoms with van der Waals surface area (Å²) in [6.45, 7) is 3.97. The first-order valence-electron chi connectivity index (χ1n) is 11.8. The first kappa shape index (κ1) is 25.2. The Morgan fingerprint density at radius 2 is 1.97 bits per heavy atom. The highest BCUT2D eigenvalue weighted by Gasteiger charge is 2.35. The molecule has 0 bridgehead atoms. The summed E-state index contributed by atoms with van der Waals surface area (Å²) >= 11 is 0. The molecular weight excluding hydrogens is 463 g/mol. The van der Waals surface area contributed by atoms with Crippen molar-refractivity contribution in [3.63, 3.8) is 0 Å². The van der Waals surface area contributed by atoms with E-state index in [1.165, 1.54) is 17.2 Å². The maximum atomic E-state index is 14.5. The van der Waals surface area contributed by atoms with Gasteiger partial charge in [0, 0.05) is 43.0 Å². The first-order valence-corrected chi connectivity index (χ1v) is 11.8. The Morgan fingerprint density at radius 3 is 2.67 bits per heavy atom. The Balaban J connectivity index is 1.70. The average Bonchev–Trinajstić information content (AvgIpc) is 2.90. The number of hydrogen-bond donors (Lipinski definition) is 1. The topological polar surface area (TPSA) is 95.9 Å². The third-order valence-electron chi connectivity index (χ3n) is 6.39. The largest absolute Gasteiger partial charge is 0.472 e. The van der Waals surface area contributed by atoms with Gasteiger partial charge in [-0.1, -0.05) is 31.2 Å². The lowest BCUT2D eigenvalue weighted by molar-refractivity contribution is 0.0312. The van der Waals surface area contributed by atoms with Crippen molar-refractivity contribution in [2.75, 3.05) is 26.7 Å². The van der Waals surface area contributed by atoms with Crippen molar-refractivity contribution in [3.8, 4) is 17.0 Å². The van der Waals surface area contributed by atoms with Gasteiger partial charge in [0.25, 0.3) is 11.8 Å². The van der Waals surface area contributed by atoms with E-state index in [-0.39, 0.29) is 42.3 Å². The van der Waals surface area contributed by atoms with Crippen molar-refractivity contribution in [1.29, 1.82) is 0 Å². The lowest BCUT2D eigenvalue weighted by Gasteiger charge is -2.37. The number of pyridine rings is 2. The van der Waals surface area contributed by atoms with Crippen LogP contribution in [0, 0.1) is 11.7 Å². The number of fused-ring (bicyclic) bond motifs is 1. The molecule has 3 heterocycles. The number of carbonyl (C=O) groups is 2. The lowest BCUT2D eigenvalue weighted by atomic mass is 9.99. The molecule has 0 radical (unpaired) electrons. The zero-order valence-electron chi connectivity index (χ0n) is 20.5. The predicted octanol–water partition coefficient (Wildman–Crippen LogP) is 3.28. The van der Waals surface area contributed by atoms with E-state index < -0.39 is 18.0 Å². The number of carbonyl (C=O) groups excluding carboxylic acids is 2. The van der Waals surface area contributed by atoms with E-state index in [4.69, 9.17) is 4.74 Å². The SMILES string of the molecule is C[C@@H]1CN([C@H](C)CO)C(=O)c2cc(-c3ccccc3F)cnc2O[C@H]1CN(C)C(=O)c1ccccn1. The van der Waals surface area contributed by atoms with Crippen LogP contribution in [0.3, 0.4) is 0 Å². The van der Waals surface area contributed by atoms with Crippen LogP contribution >= 0.6 is 0 Å². The summed E-state index contributed by atoms with van der Waals surface area (Å²) in [6.07, 6.45) is 2.52. The second kappa shape index (κ2) is 10.8. The van der Waals surface area contributed by atoms with E-state index in [0.29, 0.717) is 23.4 Å². The van der Waals surface area contributed by atoms with Crippen LogP contribution in [-0.2, 0) is 0 Å². The second-order valence-corrected chi connectivity index (χ2v) is 9.08. The van der Waals surface area contributed by atoms with Gasteiger partial charge in [-0.3, -0.25) is 14.6 Å². The zero-order chi connectivity index (χ0) is 25.8. The predicted molar refractivity (Wildman–Crippen MR) is 132 cm³/mol. The van der Waals surface area contributed by atoms with Gasteiger partial charge in [0.05, 0.1) is 19.2 Å². The number of aromatic nitrogens is 2. The van der Waals surface area contributed by atoms with Crippen LogP contribution in [0.15, 0.2) is 60.9 Å². The fourth-order valence-corrected chi connectivity index (χ4v) is 4.20. The number of hydrogen-bond acceptors (Lipinski definition) is 6. The van der Waals surface area contributed by atoms with E-state index in [1.807, 2.05) is 6.92 Å². The van der Waals surface area contributed by atoms with Crippen molar-refractivity contribution >= 4 is 11.8 Å². The monoisotopic (exact) mass is 492 g/mol. The molecule has 3 atom stereocenters. The average molecular weight is 493 g/mol. The molecule has 8 nitrogen and oxygen atoms in total. The van der Waals surface area contributed by atoms with Gasteiger partial charge in [-0.25, -0.2) is 9.37 Å². The van der Waals surface area contributed by atoms with Crippen LogP contribution in [0.2, 0.25) is 0 Å². The number of amides is 2. The number of nitrogens with zero attached hydrogens (tertiary/aromatic N) is 4. The zero-order valence-corrected chi connectivity index (χ0v) is 20.5.